The lowest BCUT2D eigenvalue weighted by Crippen LogP contribution is -2.18. The van der Waals surface area contributed by atoms with Crippen molar-refractivity contribution < 1.29 is 113 Å². The van der Waals surface area contributed by atoms with E-state index in [1.807, 2.05) is 32.0 Å². The maximum atomic E-state index is 14.7. The summed E-state index contributed by atoms with van der Waals surface area (Å²) in [6, 6.07) is 28.0. The number of carboxylic acids is 4. The lowest BCUT2D eigenvalue weighted by Gasteiger charge is -2.16. The van der Waals surface area contributed by atoms with Crippen molar-refractivity contribution in [2.24, 2.45) is 17.8 Å². The number of carboxylic acid groups (broad SMARTS) is 4. The fourth-order valence-corrected chi connectivity index (χ4v) is 16.5. The summed E-state index contributed by atoms with van der Waals surface area (Å²) in [5.74, 6) is -5.35. The lowest BCUT2D eigenvalue weighted by atomic mass is 10.1. The minimum atomic E-state index is -4.62. The van der Waals surface area contributed by atoms with Gasteiger partial charge in [-0.15, -0.1) is 0 Å². The van der Waals surface area contributed by atoms with Crippen LogP contribution in [0.4, 0.5) is 57.9 Å². The first-order valence-corrected chi connectivity index (χ1v) is 42.5. The van der Waals surface area contributed by atoms with Gasteiger partial charge in [0.2, 0.25) is 29.8 Å². The molecule has 38 heteroatoms. The van der Waals surface area contributed by atoms with Gasteiger partial charge in [-0.05, 0) is 301 Å². The summed E-state index contributed by atoms with van der Waals surface area (Å²) in [5.41, 5.74) is 3.03. The van der Waals surface area contributed by atoms with Crippen molar-refractivity contribution >= 4 is 221 Å². The largest absolute Gasteiger partial charge is 0.487 e. The SMILES string of the molecule is CC(C)C(=O)Nc1cc(COc2c(Br)cc(CC(F)C(=O)O)cc2Br)cc(C(F)(F)F)c1.CC(C)C(=O)Nc1cc(COc2c(Br)cc(CCC(=O)O)cc2Br)cc(C(F)(F)F)c1.CC(C)C(=O)Nc1cc(Cl)cc(COc2c(Br)cc(CCC(=O)O)cc2Br)c1.CCC(=O)Nc1cc(Cl)cc(COc2c(Br)cc(CCC(=O)O)cc2Br)c1F. The molecule has 0 aromatic heterocycles. The van der Waals surface area contributed by atoms with Crippen LogP contribution in [0.25, 0.3) is 0 Å². The van der Waals surface area contributed by atoms with Crippen molar-refractivity contribution in [3.8, 4) is 23.0 Å². The number of nitrogens with one attached hydrogen (secondary N) is 4. The molecular formula is C81H76Br8Cl2F8N4O16. The molecule has 0 saturated heterocycles. The predicted molar refractivity (Wildman–Crippen MR) is 464 cm³/mol. The molecule has 0 radical (unpaired) electrons. The summed E-state index contributed by atoms with van der Waals surface area (Å²) in [6.45, 7) is 11.5. The van der Waals surface area contributed by atoms with Crippen LogP contribution in [0.3, 0.4) is 0 Å². The predicted octanol–water partition coefficient (Wildman–Crippen LogP) is 24.8. The number of benzene rings is 8. The second-order valence-electron chi connectivity index (χ2n) is 26.8. The molecule has 1 unspecified atom stereocenters. The van der Waals surface area contributed by atoms with Crippen molar-refractivity contribution in [2.45, 2.75) is 145 Å². The van der Waals surface area contributed by atoms with Gasteiger partial charge in [0.05, 0.1) is 52.6 Å². The number of hydrogen-bond acceptors (Lipinski definition) is 12. The summed E-state index contributed by atoms with van der Waals surface area (Å²) in [4.78, 5) is 90.2. The third kappa shape index (κ3) is 34.8. The van der Waals surface area contributed by atoms with E-state index in [4.69, 9.17) is 62.6 Å². The lowest BCUT2D eigenvalue weighted by molar-refractivity contribution is -0.143. The number of aliphatic carboxylic acids is 4. The molecule has 8 aromatic rings. The topological polar surface area (TPSA) is 303 Å². The highest BCUT2D eigenvalue weighted by molar-refractivity contribution is 9.12. The zero-order chi connectivity index (χ0) is 89.2. The number of carbonyl (C=O) groups is 8. The molecule has 0 heterocycles. The summed E-state index contributed by atoms with van der Waals surface area (Å²) in [6.07, 6.45) is -10.3. The number of halogens is 18. The Morgan fingerprint density at radius 2 is 0.689 bits per heavy atom. The average Bonchev–Trinajstić information content (AvgIpc) is 0.830. The molecule has 0 aliphatic rings. The van der Waals surface area contributed by atoms with E-state index in [2.05, 4.69) is 149 Å². The quantitative estimate of drug-likeness (QED) is 0.0182. The van der Waals surface area contributed by atoms with Gasteiger partial charge >= 0.3 is 36.2 Å². The Kier molecular flexibility index (Phi) is 41.1. The number of amides is 4. The highest BCUT2D eigenvalue weighted by atomic mass is 79.9. The highest BCUT2D eigenvalue weighted by Gasteiger charge is 2.33. The summed E-state index contributed by atoms with van der Waals surface area (Å²) in [5, 5.41) is 46.1. The molecule has 0 fully saturated rings. The van der Waals surface area contributed by atoms with Crippen molar-refractivity contribution in [1.82, 2.24) is 0 Å². The van der Waals surface area contributed by atoms with Crippen molar-refractivity contribution in [1.29, 1.82) is 0 Å². The molecule has 0 aliphatic carbocycles. The molecular weight excluding hydrogens is 2150 g/mol. The molecule has 8 N–H and O–H groups in total. The van der Waals surface area contributed by atoms with Crippen LogP contribution >= 0.6 is 151 Å². The number of alkyl halides is 7. The van der Waals surface area contributed by atoms with Gasteiger partial charge in [-0.2, -0.15) is 26.3 Å². The Bertz CT molecular complexity index is 4920. The van der Waals surface area contributed by atoms with E-state index in [0.717, 1.165) is 55.5 Å². The Balaban J connectivity index is 0.000000283. The molecule has 642 valence electrons. The number of aryl methyl sites for hydroxylation is 3. The van der Waals surface area contributed by atoms with Crippen LogP contribution < -0.4 is 40.2 Å². The number of anilines is 4. The minimum Gasteiger partial charge on any atom is -0.487 e. The highest BCUT2D eigenvalue weighted by Crippen LogP contribution is 2.42. The maximum Gasteiger partial charge on any atom is 0.416 e. The molecule has 0 bridgehead atoms. The summed E-state index contributed by atoms with van der Waals surface area (Å²) < 4.78 is 135. The van der Waals surface area contributed by atoms with E-state index in [0.29, 0.717) is 79.6 Å². The molecule has 0 spiro atoms. The van der Waals surface area contributed by atoms with E-state index in [-0.39, 0.29) is 127 Å². The van der Waals surface area contributed by atoms with Gasteiger partial charge in [0.1, 0.15) is 49.4 Å². The monoisotopic (exact) mass is 2210 g/mol. The fraction of sp³-hybridized carbons (Fsp3) is 0.309. The molecule has 0 aliphatic heterocycles. The van der Waals surface area contributed by atoms with Gasteiger partial charge in [0, 0.05) is 82.5 Å². The average molecular weight is 2220 g/mol. The Morgan fingerprint density at radius 1 is 0.395 bits per heavy atom. The Labute approximate surface area is 756 Å². The zero-order valence-corrected chi connectivity index (χ0v) is 78.0. The van der Waals surface area contributed by atoms with Crippen molar-refractivity contribution in [3.63, 3.8) is 0 Å². The van der Waals surface area contributed by atoms with Gasteiger partial charge in [-0.3, -0.25) is 33.6 Å². The van der Waals surface area contributed by atoms with E-state index < -0.39 is 77.1 Å². The molecule has 8 aromatic carbocycles. The van der Waals surface area contributed by atoms with Crippen LogP contribution in [-0.4, -0.2) is 74.1 Å². The van der Waals surface area contributed by atoms with E-state index in [1.165, 1.54) is 36.4 Å². The molecule has 119 heavy (non-hydrogen) atoms. The standard InChI is InChI=1S/C21H19Br2F4NO4.C21H20Br2F3NO4.C20H20Br2ClNO4.C19H17Br2ClFNO4/c1-10(2)19(29)28-14-4-12(3-13(8-14)21(25,26)27)9-32-18-15(22)5-11(6-16(18)23)7-17(24)20(30)31;1-11(2)20(30)27-15-6-13(5-14(9-15)21(24,25)26)10-31-19-16(22)7-12(8-17(19)23)3-4-18(28)29;1-11(2)20(27)24-15-6-13(5-14(23)9-15)10-28-19-16(21)7-12(8-17(19)22)3-4-18(25)26;1-2-16(25)24-15-8-12(22)7-11(18(15)23)9-28-19-13(20)5-10(6-14(19)21)3-4-17(26)27/h3-6,8,10,17H,7,9H2,1-2H3,(H,28,29)(H,30,31);5-9,11H,3-4,10H2,1-2H3,(H,27,30)(H,28,29);5-9,11H,3-4,10H2,1-2H3,(H,24,27)(H,25,26);5-8H,2-4,9H2,1H3,(H,24,25)(H,26,27). The number of ether oxygens (including phenoxy) is 4. The van der Waals surface area contributed by atoms with Crippen molar-refractivity contribution in [3.05, 3.63) is 223 Å². The van der Waals surface area contributed by atoms with Crippen LogP contribution in [0.1, 0.15) is 130 Å². The molecule has 20 nitrogen and oxygen atoms in total. The third-order valence-electron chi connectivity index (χ3n) is 16.0. The first-order chi connectivity index (χ1) is 55.5. The summed E-state index contributed by atoms with van der Waals surface area (Å²) in [7, 11) is 0. The van der Waals surface area contributed by atoms with Gasteiger partial charge in [0.25, 0.3) is 0 Å². The van der Waals surface area contributed by atoms with Crippen LogP contribution in [-0.2, 0) is 103 Å². The van der Waals surface area contributed by atoms with Gasteiger partial charge in [-0.25, -0.2) is 13.6 Å². The van der Waals surface area contributed by atoms with Crippen LogP contribution in [0.5, 0.6) is 23.0 Å². The van der Waals surface area contributed by atoms with Crippen LogP contribution in [0.2, 0.25) is 10.0 Å². The Morgan fingerprint density at radius 3 is 0.983 bits per heavy atom. The van der Waals surface area contributed by atoms with E-state index in [1.54, 1.807) is 71.0 Å². The van der Waals surface area contributed by atoms with Crippen molar-refractivity contribution in [2.75, 3.05) is 21.3 Å². The molecule has 8 rings (SSSR count). The second-order valence-corrected chi connectivity index (χ2v) is 34.5. The fourth-order valence-electron chi connectivity index (χ4n) is 9.98. The van der Waals surface area contributed by atoms with Gasteiger partial charge in [-0.1, -0.05) is 71.7 Å². The molecule has 1 atom stereocenters. The van der Waals surface area contributed by atoms with Gasteiger partial charge < -0.3 is 60.6 Å². The Hall–Kier alpha value is -7.42. The maximum absolute atomic E-state index is 14.7. The second kappa shape index (κ2) is 47.9. The number of carbonyl (C=O) groups excluding carboxylic acids is 4. The molecule has 0 saturated carbocycles. The first kappa shape index (κ1) is 102. The molecule has 4 amide bonds. The van der Waals surface area contributed by atoms with Crippen LogP contribution in [0.15, 0.2) is 151 Å². The summed E-state index contributed by atoms with van der Waals surface area (Å²) >= 11 is 39.1. The zero-order valence-electron chi connectivity index (χ0n) is 63.8. The van der Waals surface area contributed by atoms with Gasteiger partial charge in [0.15, 0.2) is 5.82 Å². The minimum absolute atomic E-state index is 0.0000926. The first-order valence-electron chi connectivity index (χ1n) is 35.4. The normalized spacial score (nSPS) is 11.4. The smallest absolute Gasteiger partial charge is 0.416 e. The number of rotatable bonds is 32. The number of hydrogen-bond donors (Lipinski definition) is 8. The van der Waals surface area contributed by atoms with E-state index >= 15 is 0 Å². The van der Waals surface area contributed by atoms with E-state index in [9.17, 15) is 73.5 Å². The van der Waals surface area contributed by atoms with Crippen LogP contribution in [0, 0.1) is 23.6 Å². The third-order valence-corrected chi connectivity index (χ3v) is 21.1.